The lowest BCUT2D eigenvalue weighted by Gasteiger charge is -2.37. The highest BCUT2D eigenvalue weighted by atomic mass is 79.9. The van der Waals surface area contributed by atoms with Crippen molar-refractivity contribution >= 4 is 32.5 Å². The number of benzene rings is 1. The molecule has 2 aromatic rings. The number of anilines is 1. The first-order valence-corrected chi connectivity index (χ1v) is 7.48. The Hall–Kier alpha value is -1.13. The van der Waals surface area contributed by atoms with Crippen LogP contribution in [0.1, 0.15) is 13.8 Å². The molecule has 2 atom stereocenters. The summed E-state index contributed by atoms with van der Waals surface area (Å²) in [5, 5.41) is 6.01. The maximum Gasteiger partial charge on any atom is 0.136 e. The first kappa shape index (κ1) is 12.9. The third kappa shape index (κ3) is 2.47. The van der Waals surface area contributed by atoms with Crippen LogP contribution in [-0.2, 0) is 0 Å². The summed E-state index contributed by atoms with van der Waals surface area (Å²) < 4.78 is 1.13. The van der Waals surface area contributed by atoms with Gasteiger partial charge in [0.1, 0.15) is 5.82 Å². The standard InChI is InChI=1S/C15H18BrN3/c1-10-8-19(9-11(2)18-10)15-13-4-3-5-14(16)12(13)6-7-17-15/h3-7,10-11,18H,8-9H2,1-2H3. The molecule has 1 saturated heterocycles. The molecule has 1 aliphatic rings. The number of rotatable bonds is 1. The van der Waals surface area contributed by atoms with E-state index in [-0.39, 0.29) is 0 Å². The Balaban J connectivity index is 2.07. The van der Waals surface area contributed by atoms with E-state index in [1.165, 1.54) is 10.8 Å². The summed E-state index contributed by atoms with van der Waals surface area (Å²) in [7, 11) is 0. The van der Waals surface area contributed by atoms with E-state index in [0.717, 1.165) is 23.4 Å². The van der Waals surface area contributed by atoms with Crippen molar-refractivity contribution in [3.8, 4) is 0 Å². The predicted molar refractivity (Wildman–Crippen MR) is 83.7 cm³/mol. The molecule has 4 heteroatoms. The molecule has 0 radical (unpaired) electrons. The van der Waals surface area contributed by atoms with Crippen LogP contribution in [0.3, 0.4) is 0 Å². The summed E-state index contributed by atoms with van der Waals surface area (Å²) in [5.41, 5.74) is 0. The Kier molecular flexibility index (Phi) is 3.46. The van der Waals surface area contributed by atoms with Gasteiger partial charge in [0, 0.05) is 46.6 Å². The van der Waals surface area contributed by atoms with E-state index in [9.17, 15) is 0 Å². The van der Waals surface area contributed by atoms with Crippen LogP contribution in [0.4, 0.5) is 5.82 Å². The van der Waals surface area contributed by atoms with Crippen molar-refractivity contribution in [1.29, 1.82) is 0 Å². The smallest absolute Gasteiger partial charge is 0.136 e. The largest absolute Gasteiger partial charge is 0.353 e. The number of nitrogens with one attached hydrogen (secondary N) is 1. The molecule has 0 saturated carbocycles. The average molecular weight is 320 g/mol. The number of halogens is 1. The molecule has 0 bridgehead atoms. The Morgan fingerprint density at radius 2 is 1.89 bits per heavy atom. The van der Waals surface area contributed by atoms with Crippen LogP contribution in [0.15, 0.2) is 34.9 Å². The summed E-state index contributed by atoms with van der Waals surface area (Å²) in [6.07, 6.45) is 1.90. The molecule has 1 aromatic heterocycles. The lowest BCUT2D eigenvalue weighted by atomic mass is 10.1. The van der Waals surface area contributed by atoms with E-state index in [0.29, 0.717) is 12.1 Å². The molecule has 1 aliphatic heterocycles. The summed E-state index contributed by atoms with van der Waals surface area (Å²) in [4.78, 5) is 7.01. The summed E-state index contributed by atoms with van der Waals surface area (Å²) in [6.45, 7) is 6.46. The van der Waals surface area contributed by atoms with Crippen LogP contribution < -0.4 is 10.2 Å². The molecule has 0 amide bonds. The van der Waals surface area contributed by atoms with E-state index < -0.39 is 0 Å². The molecule has 19 heavy (non-hydrogen) atoms. The molecular weight excluding hydrogens is 302 g/mol. The van der Waals surface area contributed by atoms with Gasteiger partial charge in [-0.25, -0.2) is 4.98 Å². The second-order valence-electron chi connectivity index (χ2n) is 5.34. The van der Waals surface area contributed by atoms with Gasteiger partial charge in [0.15, 0.2) is 0 Å². The molecule has 100 valence electrons. The summed E-state index contributed by atoms with van der Waals surface area (Å²) in [6, 6.07) is 9.36. The summed E-state index contributed by atoms with van der Waals surface area (Å²) >= 11 is 3.62. The average Bonchev–Trinajstić information content (AvgIpc) is 2.37. The minimum atomic E-state index is 0.493. The minimum Gasteiger partial charge on any atom is -0.353 e. The zero-order valence-corrected chi connectivity index (χ0v) is 12.8. The molecule has 1 aromatic carbocycles. The lowest BCUT2D eigenvalue weighted by molar-refractivity contribution is 0.406. The Bertz CT molecular complexity index is 589. The first-order chi connectivity index (χ1) is 9.15. The second kappa shape index (κ2) is 5.10. The molecule has 3 rings (SSSR count). The molecule has 0 spiro atoms. The van der Waals surface area contributed by atoms with Gasteiger partial charge in [-0.2, -0.15) is 0 Å². The van der Waals surface area contributed by atoms with Crippen LogP contribution in [0.25, 0.3) is 10.8 Å². The quantitative estimate of drug-likeness (QED) is 0.875. The first-order valence-electron chi connectivity index (χ1n) is 6.69. The highest BCUT2D eigenvalue weighted by Gasteiger charge is 2.23. The van der Waals surface area contributed by atoms with Gasteiger partial charge in [0.2, 0.25) is 0 Å². The Labute approximate surface area is 122 Å². The molecule has 1 N–H and O–H groups in total. The van der Waals surface area contributed by atoms with Crippen molar-refractivity contribution in [1.82, 2.24) is 10.3 Å². The summed E-state index contributed by atoms with van der Waals surface area (Å²) in [5.74, 6) is 1.10. The van der Waals surface area contributed by atoms with E-state index in [1.54, 1.807) is 0 Å². The van der Waals surface area contributed by atoms with Crippen molar-refractivity contribution in [2.45, 2.75) is 25.9 Å². The van der Waals surface area contributed by atoms with E-state index in [4.69, 9.17) is 0 Å². The number of nitrogens with zero attached hydrogens (tertiary/aromatic N) is 2. The normalized spacial score (nSPS) is 23.8. The molecule has 3 nitrogen and oxygen atoms in total. The second-order valence-corrected chi connectivity index (χ2v) is 6.20. The number of aromatic nitrogens is 1. The fourth-order valence-electron chi connectivity index (χ4n) is 2.91. The van der Waals surface area contributed by atoms with Gasteiger partial charge >= 0.3 is 0 Å². The maximum absolute atomic E-state index is 4.62. The molecule has 0 aliphatic carbocycles. The van der Waals surface area contributed by atoms with E-state index in [2.05, 4.69) is 69.2 Å². The number of hydrogen-bond acceptors (Lipinski definition) is 3. The highest BCUT2D eigenvalue weighted by molar-refractivity contribution is 9.10. The van der Waals surface area contributed by atoms with Gasteiger partial charge < -0.3 is 10.2 Å². The molecule has 1 fully saturated rings. The third-order valence-electron chi connectivity index (χ3n) is 3.59. The van der Waals surface area contributed by atoms with Crippen LogP contribution in [-0.4, -0.2) is 30.2 Å². The fourth-order valence-corrected chi connectivity index (χ4v) is 3.40. The monoisotopic (exact) mass is 319 g/mol. The van der Waals surface area contributed by atoms with Crippen molar-refractivity contribution < 1.29 is 0 Å². The molecule has 2 unspecified atom stereocenters. The van der Waals surface area contributed by atoms with Gasteiger partial charge in [-0.3, -0.25) is 0 Å². The maximum atomic E-state index is 4.62. The third-order valence-corrected chi connectivity index (χ3v) is 4.28. The number of hydrogen-bond donors (Lipinski definition) is 1. The van der Waals surface area contributed by atoms with E-state index >= 15 is 0 Å². The van der Waals surface area contributed by atoms with Crippen LogP contribution in [0.5, 0.6) is 0 Å². The fraction of sp³-hybridized carbons (Fsp3) is 0.400. The number of piperazine rings is 1. The van der Waals surface area contributed by atoms with Crippen LogP contribution in [0.2, 0.25) is 0 Å². The SMILES string of the molecule is CC1CN(c2nccc3c(Br)cccc23)CC(C)N1. The Morgan fingerprint density at radius 3 is 2.63 bits per heavy atom. The topological polar surface area (TPSA) is 28.2 Å². The van der Waals surface area contributed by atoms with Crippen molar-refractivity contribution in [3.05, 3.63) is 34.9 Å². The predicted octanol–water partition coefficient (Wildman–Crippen LogP) is 3.18. The minimum absolute atomic E-state index is 0.493. The van der Waals surface area contributed by atoms with Gasteiger partial charge in [0.25, 0.3) is 0 Å². The van der Waals surface area contributed by atoms with Crippen LogP contribution >= 0.6 is 15.9 Å². The number of pyridine rings is 1. The zero-order valence-electron chi connectivity index (χ0n) is 11.2. The van der Waals surface area contributed by atoms with Crippen molar-refractivity contribution in [3.63, 3.8) is 0 Å². The zero-order chi connectivity index (χ0) is 13.4. The highest BCUT2D eigenvalue weighted by Crippen LogP contribution is 2.30. The van der Waals surface area contributed by atoms with Crippen molar-refractivity contribution in [2.24, 2.45) is 0 Å². The molecule has 2 heterocycles. The van der Waals surface area contributed by atoms with E-state index in [1.807, 2.05) is 6.20 Å². The lowest BCUT2D eigenvalue weighted by Crippen LogP contribution is -2.54. The van der Waals surface area contributed by atoms with Gasteiger partial charge in [-0.1, -0.05) is 28.1 Å². The Morgan fingerprint density at radius 1 is 1.16 bits per heavy atom. The number of fused-ring (bicyclic) bond motifs is 1. The van der Waals surface area contributed by atoms with Gasteiger partial charge in [-0.05, 0) is 26.0 Å². The molecular formula is C15H18BrN3. The van der Waals surface area contributed by atoms with Crippen molar-refractivity contribution in [2.75, 3.05) is 18.0 Å². The van der Waals surface area contributed by atoms with Gasteiger partial charge in [0.05, 0.1) is 0 Å². The van der Waals surface area contributed by atoms with Crippen LogP contribution in [0, 0.1) is 0 Å². The van der Waals surface area contributed by atoms with Gasteiger partial charge in [-0.15, -0.1) is 0 Å².